The second kappa shape index (κ2) is 5.72. The minimum Gasteiger partial charge on any atom is -0.393 e. The zero-order chi connectivity index (χ0) is 13.0. The number of amides is 1. The topological polar surface area (TPSA) is 68.0 Å². The molecule has 1 aromatic rings. The molecule has 0 aromatic carbocycles. The van der Waals surface area contributed by atoms with Gasteiger partial charge in [0.1, 0.15) is 0 Å². The Morgan fingerprint density at radius 2 is 2.12 bits per heavy atom. The molecule has 0 fully saturated rings. The number of pyridine rings is 1. The van der Waals surface area contributed by atoms with Crippen molar-refractivity contribution >= 4 is 28.8 Å². The highest BCUT2D eigenvalue weighted by Crippen LogP contribution is 2.15. The average molecular weight is 251 g/mol. The smallest absolute Gasteiger partial charge is 0.234 e. The van der Waals surface area contributed by atoms with Crippen LogP contribution in [0.3, 0.4) is 0 Å². The highest BCUT2D eigenvalue weighted by molar-refractivity contribution is 7.80. The van der Waals surface area contributed by atoms with Crippen LogP contribution in [0, 0.1) is 18.8 Å². The molecule has 0 saturated heterocycles. The van der Waals surface area contributed by atoms with E-state index in [9.17, 15) is 4.79 Å². The number of nitrogens with one attached hydrogen (secondary N) is 1. The minimum atomic E-state index is -0.452. The number of carbonyl (C=O) groups excluding carboxylic acids is 1. The van der Waals surface area contributed by atoms with E-state index in [4.69, 9.17) is 18.0 Å². The summed E-state index contributed by atoms with van der Waals surface area (Å²) in [4.78, 5) is 16.3. The summed E-state index contributed by atoms with van der Waals surface area (Å²) in [6, 6.07) is 3.64. The highest BCUT2D eigenvalue weighted by atomic mass is 32.1. The fraction of sp³-hybridized carbons (Fsp3) is 0.417. The minimum absolute atomic E-state index is 0.0749. The van der Waals surface area contributed by atoms with E-state index in [1.54, 1.807) is 12.3 Å². The van der Waals surface area contributed by atoms with Crippen LogP contribution in [0.1, 0.15) is 19.5 Å². The van der Waals surface area contributed by atoms with E-state index in [-0.39, 0.29) is 16.8 Å². The van der Waals surface area contributed by atoms with Crippen LogP contribution in [0.25, 0.3) is 0 Å². The molecule has 3 N–H and O–H groups in total. The molecule has 0 aliphatic rings. The summed E-state index contributed by atoms with van der Waals surface area (Å²) in [5.74, 6) is -0.560. The van der Waals surface area contributed by atoms with Crippen LogP contribution in [-0.2, 0) is 4.79 Å². The standard InChI is InChI=1S/C12H17N3OS/c1-7(2)10(11(13)17)12(16)15-9-5-4-8(3)14-6-9/h4-7,10H,1-3H3,(H2,13,17)(H,15,16). The van der Waals surface area contributed by atoms with Gasteiger partial charge in [-0.25, -0.2) is 0 Å². The molecule has 0 aliphatic carbocycles. The van der Waals surface area contributed by atoms with Crippen LogP contribution in [-0.4, -0.2) is 15.9 Å². The summed E-state index contributed by atoms with van der Waals surface area (Å²) in [6.45, 7) is 5.71. The van der Waals surface area contributed by atoms with E-state index in [2.05, 4.69) is 10.3 Å². The molecule has 4 nitrogen and oxygen atoms in total. The van der Waals surface area contributed by atoms with Crippen LogP contribution >= 0.6 is 12.2 Å². The van der Waals surface area contributed by atoms with Crippen molar-refractivity contribution in [3.8, 4) is 0 Å². The predicted octanol–water partition coefficient (Wildman–Crippen LogP) is 1.89. The molecular formula is C12H17N3OS. The maximum absolute atomic E-state index is 12.0. The lowest BCUT2D eigenvalue weighted by Crippen LogP contribution is -2.36. The maximum Gasteiger partial charge on any atom is 0.234 e. The molecule has 5 heteroatoms. The Kier molecular flexibility index (Phi) is 4.57. The van der Waals surface area contributed by atoms with Crippen LogP contribution in [0.2, 0.25) is 0 Å². The molecule has 0 aliphatic heterocycles. The van der Waals surface area contributed by atoms with Gasteiger partial charge in [-0.2, -0.15) is 0 Å². The number of rotatable bonds is 4. The third-order valence-electron chi connectivity index (χ3n) is 2.43. The van der Waals surface area contributed by atoms with Gasteiger partial charge in [0, 0.05) is 5.69 Å². The number of nitrogens with zero attached hydrogens (tertiary/aromatic N) is 1. The monoisotopic (exact) mass is 251 g/mol. The van der Waals surface area contributed by atoms with Crippen molar-refractivity contribution < 1.29 is 4.79 Å². The Labute approximate surface area is 107 Å². The zero-order valence-corrected chi connectivity index (χ0v) is 11.0. The number of hydrogen-bond donors (Lipinski definition) is 2. The summed E-state index contributed by atoms with van der Waals surface area (Å²) < 4.78 is 0. The number of carbonyl (C=O) groups is 1. The average Bonchev–Trinajstić information content (AvgIpc) is 2.20. The summed E-state index contributed by atoms with van der Waals surface area (Å²) in [7, 11) is 0. The van der Waals surface area contributed by atoms with Crippen molar-refractivity contribution in [2.24, 2.45) is 17.6 Å². The Balaban J connectivity index is 2.77. The molecule has 1 heterocycles. The van der Waals surface area contributed by atoms with Crippen molar-refractivity contribution in [3.05, 3.63) is 24.0 Å². The Morgan fingerprint density at radius 3 is 2.53 bits per heavy atom. The quantitative estimate of drug-likeness (QED) is 0.802. The number of nitrogens with two attached hydrogens (primary N) is 1. The van der Waals surface area contributed by atoms with Crippen LogP contribution in [0.4, 0.5) is 5.69 Å². The van der Waals surface area contributed by atoms with E-state index < -0.39 is 5.92 Å². The lowest BCUT2D eigenvalue weighted by molar-refractivity contribution is -0.118. The number of hydrogen-bond acceptors (Lipinski definition) is 3. The molecule has 0 bridgehead atoms. The molecule has 1 atom stereocenters. The third-order valence-corrected chi connectivity index (χ3v) is 2.69. The lowest BCUT2D eigenvalue weighted by atomic mass is 9.95. The first kappa shape index (κ1) is 13.6. The SMILES string of the molecule is Cc1ccc(NC(=O)C(C(N)=S)C(C)C)cn1. The zero-order valence-electron chi connectivity index (χ0n) is 10.2. The van der Waals surface area contributed by atoms with E-state index in [1.165, 1.54) is 0 Å². The molecule has 0 spiro atoms. The van der Waals surface area contributed by atoms with Gasteiger partial charge in [-0.3, -0.25) is 9.78 Å². The fourth-order valence-corrected chi connectivity index (χ4v) is 1.90. The molecule has 0 saturated carbocycles. The molecule has 0 radical (unpaired) electrons. The van der Waals surface area contributed by atoms with Crippen molar-refractivity contribution in [2.75, 3.05) is 5.32 Å². The molecule has 1 rings (SSSR count). The number of anilines is 1. The Morgan fingerprint density at radius 1 is 1.47 bits per heavy atom. The first-order valence-electron chi connectivity index (χ1n) is 5.44. The van der Waals surface area contributed by atoms with Gasteiger partial charge in [0.2, 0.25) is 5.91 Å². The molecule has 1 aromatic heterocycles. The van der Waals surface area contributed by atoms with Gasteiger partial charge in [0.15, 0.2) is 0 Å². The normalized spacial score (nSPS) is 12.2. The second-order valence-electron chi connectivity index (χ2n) is 4.30. The Hall–Kier alpha value is -1.49. The third kappa shape index (κ3) is 3.78. The maximum atomic E-state index is 12.0. The second-order valence-corrected chi connectivity index (χ2v) is 4.77. The van der Waals surface area contributed by atoms with Crippen molar-refractivity contribution in [1.29, 1.82) is 0 Å². The summed E-state index contributed by atoms with van der Waals surface area (Å²) >= 11 is 4.91. The molecule has 1 unspecified atom stereocenters. The number of aryl methyl sites for hydroxylation is 1. The first-order chi connectivity index (χ1) is 7.91. The number of thiocarbonyl (C=S) groups is 1. The highest BCUT2D eigenvalue weighted by Gasteiger charge is 2.24. The van der Waals surface area contributed by atoms with Gasteiger partial charge in [-0.05, 0) is 25.0 Å². The lowest BCUT2D eigenvalue weighted by Gasteiger charge is -2.18. The van der Waals surface area contributed by atoms with Gasteiger partial charge in [0.05, 0.1) is 22.8 Å². The van der Waals surface area contributed by atoms with E-state index in [1.807, 2.05) is 26.8 Å². The summed E-state index contributed by atoms with van der Waals surface area (Å²) in [6.07, 6.45) is 1.62. The van der Waals surface area contributed by atoms with Gasteiger partial charge in [-0.15, -0.1) is 0 Å². The molecular weight excluding hydrogens is 234 g/mol. The van der Waals surface area contributed by atoms with E-state index in [0.29, 0.717) is 5.69 Å². The van der Waals surface area contributed by atoms with Crippen LogP contribution in [0.15, 0.2) is 18.3 Å². The first-order valence-corrected chi connectivity index (χ1v) is 5.85. The predicted molar refractivity (Wildman–Crippen MR) is 72.7 cm³/mol. The molecule has 1 amide bonds. The summed E-state index contributed by atoms with van der Waals surface area (Å²) in [5, 5.41) is 2.76. The van der Waals surface area contributed by atoms with Crippen LogP contribution in [0.5, 0.6) is 0 Å². The van der Waals surface area contributed by atoms with Crippen molar-refractivity contribution in [2.45, 2.75) is 20.8 Å². The van der Waals surface area contributed by atoms with Gasteiger partial charge in [0.25, 0.3) is 0 Å². The largest absolute Gasteiger partial charge is 0.393 e. The van der Waals surface area contributed by atoms with Gasteiger partial charge in [-0.1, -0.05) is 26.1 Å². The van der Waals surface area contributed by atoms with Crippen molar-refractivity contribution in [3.63, 3.8) is 0 Å². The Bertz CT molecular complexity index is 414. The fourth-order valence-electron chi connectivity index (χ4n) is 1.52. The van der Waals surface area contributed by atoms with Gasteiger partial charge >= 0.3 is 0 Å². The van der Waals surface area contributed by atoms with Crippen LogP contribution < -0.4 is 11.1 Å². The van der Waals surface area contributed by atoms with Gasteiger partial charge < -0.3 is 11.1 Å². The summed E-state index contributed by atoms with van der Waals surface area (Å²) in [5.41, 5.74) is 7.13. The number of aromatic nitrogens is 1. The molecule has 92 valence electrons. The van der Waals surface area contributed by atoms with E-state index in [0.717, 1.165) is 5.69 Å². The van der Waals surface area contributed by atoms with E-state index >= 15 is 0 Å². The molecule has 17 heavy (non-hydrogen) atoms. The van der Waals surface area contributed by atoms with Crippen molar-refractivity contribution in [1.82, 2.24) is 4.98 Å².